The lowest BCUT2D eigenvalue weighted by Gasteiger charge is -2.06. The van der Waals surface area contributed by atoms with E-state index in [0.29, 0.717) is 0 Å². The Hall–Kier alpha value is -1.56. The second kappa shape index (κ2) is 3.90. The summed E-state index contributed by atoms with van der Waals surface area (Å²) in [6, 6.07) is 4.14. The molecule has 0 bridgehead atoms. The van der Waals surface area contributed by atoms with Crippen LogP contribution in [0.25, 0.3) is 18.2 Å². The summed E-state index contributed by atoms with van der Waals surface area (Å²) < 4.78 is 0. The maximum atomic E-state index is 3.77. The van der Waals surface area contributed by atoms with Crippen LogP contribution >= 0.6 is 0 Å². The second-order valence-electron chi connectivity index (χ2n) is 2.94. The first-order valence-electron chi connectivity index (χ1n) is 4.25. The van der Waals surface area contributed by atoms with Crippen LogP contribution in [0.3, 0.4) is 0 Å². The Morgan fingerprint density at radius 3 is 1.69 bits per heavy atom. The average Bonchev–Trinajstić information content (AvgIpc) is 2.18. The molecule has 13 heavy (non-hydrogen) atoms. The molecule has 0 aromatic heterocycles. The summed E-state index contributed by atoms with van der Waals surface area (Å²) in [5, 5.41) is 0. The summed E-state index contributed by atoms with van der Waals surface area (Å²) in [4.78, 5) is 0. The number of hydrogen-bond acceptors (Lipinski definition) is 0. The smallest absolute Gasteiger partial charge is 0.0221 e. The molecule has 0 aliphatic heterocycles. The highest BCUT2D eigenvalue weighted by molar-refractivity contribution is 5.67. The Bertz CT molecular complexity index is 327. The molecule has 0 nitrogen and oxygen atoms in total. The lowest BCUT2D eigenvalue weighted by atomic mass is 9.99. The number of rotatable bonds is 3. The van der Waals surface area contributed by atoms with Gasteiger partial charge in [-0.3, -0.25) is 0 Å². The van der Waals surface area contributed by atoms with E-state index in [0.717, 1.165) is 16.7 Å². The van der Waals surface area contributed by atoms with Crippen molar-refractivity contribution in [3.63, 3.8) is 0 Å². The fourth-order valence-corrected chi connectivity index (χ4v) is 1.33. The molecule has 0 saturated heterocycles. The van der Waals surface area contributed by atoms with Gasteiger partial charge in [-0.15, -0.1) is 0 Å². The molecule has 0 N–H and O–H groups in total. The van der Waals surface area contributed by atoms with Gasteiger partial charge in [0.25, 0.3) is 0 Å². The van der Waals surface area contributed by atoms with E-state index in [1.54, 1.807) is 0 Å². The molecule has 0 amide bonds. The van der Waals surface area contributed by atoms with Gasteiger partial charge in [0.15, 0.2) is 0 Å². The summed E-state index contributed by atoms with van der Waals surface area (Å²) >= 11 is 0. The van der Waals surface area contributed by atoms with Crippen molar-refractivity contribution in [2.45, 2.75) is 6.92 Å². The molecule has 0 heteroatoms. The minimum Gasteiger partial charge on any atom is -0.0985 e. The van der Waals surface area contributed by atoms with Gasteiger partial charge in [-0.2, -0.15) is 0 Å². The van der Waals surface area contributed by atoms with Gasteiger partial charge in [0.1, 0.15) is 0 Å². The van der Waals surface area contributed by atoms with Crippen LogP contribution in [0.1, 0.15) is 22.3 Å². The maximum absolute atomic E-state index is 3.77. The van der Waals surface area contributed by atoms with Crippen LogP contribution < -0.4 is 0 Å². The molecule has 0 aliphatic rings. The van der Waals surface area contributed by atoms with Gasteiger partial charge < -0.3 is 0 Å². The molecule has 0 saturated carbocycles. The molecule has 0 atom stereocenters. The van der Waals surface area contributed by atoms with Crippen molar-refractivity contribution in [2.75, 3.05) is 0 Å². The van der Waals surface area contributed by atoms with Gasteiger partial charge in [-0.05, 0) is 41.3 Å². The minimum absolute atomic E-state index is 1.11. The van der Waals surface area contributed by atoms with Crippen LogP contribution in [-0.4, -0.2) is 0 Å². The highest BCUT2D eigenvalue weighted by atomic mass is 14.0. The minimum atomic E-state index is 1.11. The molecule has 0 heterocycles. The monoisotopic (exact) mass is 170 g/mol. The molecule has 0 aliphatic carbocycles. The third kappa shape index (κ3) is 1.78. The molecule has 0 fully saturated rings. The quantitative estimate of drug-likeness (QED) is 0.645. The van der Waals surface area contributed by atoms with Gasteiger partial charge in [-0.25, -0.2) is 0 Å². The van der Waals surface area contributed by atoms with E-state index in [1.165, 1.54) is 5.56 Å². The Morgan fingerprint density at radius 2 is 1.38 bits per heavy atom. The van der Waals surface area contributed by atoms with Gasteiger partial charge in [0, 0.05) is 0 Å². The lowest BCUT2D eigenvalue weighted by Crippen LogP contribution is -1.87. The Balaban J connectivity index is 3.44. The first kappa shape index (κ1) is 9.53. The van der Waals surface area contributed by atoms with E-state index in [-0.39, 0.29) is 0 Å². The maximum Gasteiger partial charge on any atom is -0.0221 e. The topological polar surface area (TPSA) is 0 Å². The zero-order valence-electron chi connectivity index (χ0n) is 8.01. The van der Waals surface area contributed by atoms with Crippen LogP contribution in [0.2, 0.25) is 0 Å². The average molecular weight is 170 g/mol. The molecular formula is C13H14. The summed E-state index contributed by atoms with van der Waals surface area (Å²) in [6.45, 7) is 13.4. The van der Waals surface area contributed by atoms with Crippen molar-refractivity contribution >= 4 is 18.2 Å². The molecular weight excluding hydrogens is 156 g/mol. The summed E-state index contributed by atoms with van der Waals surface area (Å²) in [7, 11) is 0. The van der Waals surface area contributed by atoms with E-state index in [4.69, 9.17) is 0 Å². The molecule has 1 aromatic rings. The van der Waals surface area contributed by atoms with Gasteiger partial charge in [-0.1, -0.05) is 38.0 Å². The van der Waals surface area contributed by atoms with Gasteiger partial charge in [0.2, 0.25) is 0 Å². The summed E-state index contributed by atoms with van der Waals surface area (Å²) in [5.41, 5.74) is 4.62. The first-order chi connectivity index (χ1) is 6.22. The molecule has 66 valence electrons. The van der Waals surface area contributed by atoms with Crippen LogP contribution in [0.5, 0.6) is 0 Å². The van der Waals surface area contributed by atoms with E-state index < -0.39 is 0 Å². The summed E-state index contributed by atoms with van der Waals surface area (Å²) in [5.74, 6) is 0. The number of hydrogen-bond donors (Lipinski definition) is 0. The standard InChI is InChI=1S/C13H14/c1-5-11-8-12(6-2)10(4)13(7-3)9-11/h5-9H,1-3H2,4H3. The zero-order valence-corrected chi connectivity index (χ0v) is 8.01. The van der Waals surface area contributed by atoms with Gasteiger partial charge in [0.05, 0.1) is 0 Å². The van der Waals surface area contributed by atoms with E-state index >= 15 is 0 Å². The molecule has 1 rings (SSSR count). The number of benzene rings is 1. The van der Waals surface area contributed by atoms with Crippen molar-refractivity contribution in [3.8, 4) is 0 Å². The summed E-state index contributed by atoms with van der Waals surface area (Å²) in [6.07, 6.45) is 5.55. The van der Waals surface area contributed by atoms with Crippen molar-refractivity contribution in [3.05, 3.63) is 54.1 Å². The molecule has 0 unspecified atom stereocenters. The predicted octanol–water partition coefficient (Wildman–Crippen LogP) is 3.92. The van der Waals surface area contributed by atoms with E-state index in [2.05, 4.69) is 38.8 Å². The van der Waals surface area contributed by atoms with Crippen LogP contribution in [0, 0.1) is 6.92 Å². The van der Waals surface area contributed by atoms with Crippen LogP contribution in [-0.2, 0) is 0 Å². The predicted molar refractivity (Wildman–Crippen MR) is 61.5 cm³/mol. The van der Waals surface area contributed by atoms with Crippen LogP contribution in [0.4, 0.5) is 0 Å². The zero-order chi connectivity index (χ0) is 9.84. The highest BCUT2D eigenvalue weighted by Gasteiger charge is 2.00. The molecule has 0 radical (unpaired) electrons. The third-order valence-corrected chi connectivity index (χ3v) is 2.19. The lowest BCUT2D eigenvalue weighted by molar-refractivity contribution is 1.41. The van der Waals surface area contributed by atoms with Crippen molar-refractivity contribution in [2.24, 2.45) is 0 Å². The highest BCUT2D eigenvalue weighted by Crippen LogP contribution is 2.19. The molecule has 1 aromatic carbocycles. The Morgan fingerprint density at radius 1 is 0.923 bits per heavy atom. The van der Waals surface area contributed by atoms with E-state index in [1.807, 2.05) is 18.2 Å². The Kier molecular flexibility index (Phi) is 2.86. The fourth-order valence-electron chi connectivity index (χ4n) is 1.33. The van der Waals surface area contributed by atoms with Crippen molar-refractivity contribution in [1.29, 1.82) is 0 Å². The Labute approximate surface area is 79.9 Å². The van der Waals surface area contributed by atoms with Gasteiger partial charge >= 0.3 is 0 Å². The fraction of sp³-hybridized carbons (Fsp3) is 0.0769. The first-order valence-corrected chi connectivity index (χ1v) is 4.25. The SMILES string of the molecule is C=Cc1cc(C=C)c(C)c(C=C)c1. The normalized spacial score (nSPS) is 9.31. The third-order valence-electron chi connectivity index (χ3n) is 2.19. The van der Waals surface area contributed by atoms with Crippen molar-refractivity contribution < 1.29 is 0 Å². The van der Waals surface area contributed by atoms with Crippen LogP contribution in [0.15, 0.2) is 31.9 Å². The second-order valence-corrected chi connectivity index (χ2v) is 2.94. The van der Waals surface area contributed by atoms with Crippen molar-refractivity contribution in [1.82, 2.24) is 0 Å². The van der Waals surface area contributed by atoms with E-state index in [9.17, 15) is 0 Å². The molecule has 0 spiro atoms. The largest absolute Gasteiger partial charge is 0.0985 e.